The first kappa shape index (κ1) is 22.2. The average Bonchev–Trinajstić information content (AvgIpc) is 2.79. The maximum absolute atomic E-state index is 12.7. The van der Waals surface area contributed by atoms with E-state index >= 15 is 0 Å². The molecule has 9 heteroatoms. The van der Waals surface area contributed by atoms with Gasteiger partial charge in [-0.2, -0.15) is 0 Å². The number of pyridine rings is 1. The molecule has 3 amide bonds. The molecule has 2 heterocycles. The number of aromatic nitrogens is 1. The molecule has 2 aromatic rings. The van der Waals surface area contributed by atoms with Crippen LogP contribution in [0.4, 0.5) is 10.5 Å². The highest BCUT2D eigenvalue weighted by molar-refractivity contribution is 5.94. The molecule has 1 aromatic carbocycles. The van der Waals surface area contributed by atoms with Crippen LogP contribution in [0.1, 0.15) is 23.2 Å². The number of benzene rings is 1. The average molecular weight is 428 g/mol. The Labute approximate surface area is 180 Å². The highest BCUT2D eigenvalue weighted by Gasteiger charge is 2.25. The van der Waals surface area contributed by atoms with Gasteiger partial charge in [-0.15, -0.1) is 0 Å². The Kier molecular flexibility index (Phi) is 7.17. The van der Waals surface area contributed by atoms with Crippen LogP contribution in [-0.2, 0) is 7.05 Å². The normalized spacial score (nSPS) is 14.1. The molecule has 0 unspecified atom stereocenters. The lowest BCUT2D eigenvalue weighted by Gasteiger charge is -2.32. The lowest BCUT2D eigenvalue weighted by Crippen LogP contribution is -2.43. The minimum atomic E-state index is -0.335. The van der Waals surface area contributed by atoms with E-state index < -0.39 is 0 Å². The van der Waals surface area contributed by atoms with Gasteiger partial charge in [-0.1, -0.05) is 6.07 Å². The standard InChI is InChI=1S/C22H28N4O5/c1-25-11-5-6-16(20(25)27)21(28)26-12-9-15(10-13-26)14-23-22(29)24-17-7-4-8-18(30-2)19(17)31-3/h4-8,11,15H,9-10,12-14H2,1-3H3,(H2,23,24,29). The minimum absolute atomic E-state index is 0.188. The van der Waals surface area contributed by atoms with Gasteiger partial charge in [0.2, 0.25) is 0 Å². The predicted molar refractivity (Wildman–Crippen MR) is 117 cm³/mol. The number of aryl methyl sites for hydroxylation is 1. The predicted octanol–water partition coefficient (Wildman–Crippen LogP) is 2.08. The van der Waals surface area contributed by atoms with Crippen molar-refractivity contribution in [2.24, 2.45) is 13.0 Å². The molecule has 0 atom stereocenters. The fourth-order valence-corrected chi connectivity index (χ4v) is 3.66. The molecule has 1 aliphatic rings. The van der Waals surface area contributed by atoms with Crippen molar-refractivity contribution in [3.63, 3.8) is 0 Å². The van der Waals surface area contributed by atoms with E-state index in [0.29, 0.717) is 36.8 Å². The molecule has 31 heavy (non-hydrogen) atoms. The van der Waals surface area contributed by atoms with E-state index in [4.69, 9.17) is 9.47 Å². The van der Waals surface area contributed by atoms with E-state index in [-0.39, 0.29) is 29.0 Å². The molecular formula is C22H28N4O5. The smallest absolute Gasteiger partial charge is 0.319 e. The van der Waals surface area contributed by atoms with Gasteiger partial charge in [-0.3, -0.25) is 9.59 Å². The molecule has 3 rings (SSSR count). The third kappa shape index (κ3) is 5.17. The van der Waals surface area contributed by atoms with Crippen LogP contribution >= 0.6 is 0 Å². The number of para-hydroxylation sites is 1. The third-order valence-electron chi connectivity index (χ3n) is 5.46. The van der Waals surface area contributed by atoms with Crippen molar-refractivity contribution in [3.05, 3.63) is 52.4 Å². The number of carbonyl (C=O) groups excluding carboxylic acids is 2. The number of ether oxygens (including phenoxy) is 2. The summed E-state index contributed by atoms with van der Waals surface area (Å²) in [6, 6.07) is 8.18. The zero-order chi connectivity index (χ0) is 22.4. The van der Waals surface area contributed by atoms with Crippen molar-refractivity contribution in [2.45, 2.75) is 12.8 Å². The fourth-order valence-electron chi connectivity index (χ4n) is 3.66. The van der Waals surface area contributed by atoms with E-state index in [0.717, 1.165) is 12.8 Å². The summed E-state index contributed by atoms with van der Waals surface area (Å²) >= 11 is 0. The first-order chi connectivity index (χ1) is 14.9. The summed E-state index contributed by atoms with van der Waals surface area (Å²) in [5.74, 6) is 1.00. The summed E-state index contributed by atoms with van der Waals surface area (Å²) in [6.07, 6.45) is 3.13. The van der Waals surface area contributed by atoms with Gasteiger partial charge in [0.1, 0.15) is 5.56 Å². The van der Waals surface area contributed by atoms with Gasteiger partial charge < -0.3 is 29.6 Å². The van der Waals surface area contributed by atoms with E-state index in [1.54, 1.807) is 48.5 Å². The number of nitrogens with zero attached hydrogens (tertiary/aromatic N) is 2. The maximum Gasteiger partial charge on any atom is 0.319 e. The number of piperidine rings is 1. The summed E-state index contributed by atoms with van der Waals surface area (Å²) in [5.41, 5.74) is 0.415. The van der Waals surface area contributed by atoms with Crippen LogP contribution in [0.2, 0.25) is 0 Å². The second-order valence-corrected chi connectivity index (χ2v) is 7.45. The van der Waals surface area contributed by atoms with Crippen molar-refractivity contribution >= 4 is 17.6 Å². The molecule has 0 saturated carbocycles. The Morgan fingerprint density at radius 3 is 2.52 bits per heavy atom. The van der Waals surface area contributed by atoms with Gasteiger partial charge in [0.05, 0.1) is 19.9 Å². The van der Waals surface area contributed by atoms with Crippen molar-refractivity contribution in [1.29, 1.82) is 0 Å². The number of rotatable bonds is 6. The highest BCUT2D eigenvalue weighted by atomic mass is 16.5. The molecular weight excluding hydrogens is 400 g/mol. The van der Waals surface area contributed by atoms with Crippen molar-refractivity contribution in [1.82, 2.24) is 14.8 Å². The number of nitrogens with one attached hydrogen (secondary N) is 2. The van der Waals surface area contributed by atoms with Crippen LogP contribution in [0.25, 0.3) is 0 Å². The number of amides is 3. The van der Waals surface area contributed by atoms with E-state index in [9.17, 15) is 14.4 Å². The third-order valence-corrected chi connectivity index (χ3v) is 5.46. The minimum Gasteiger partial charge on any atom is -0.493 e. The lowest BCUT2D eigenvalue weighted by atomic mass is 9.96. The van der Waals surface area contributed by atoms with Crippen LogP contribution in [0.5, 0.6) is 11.5 Å². The summed E-state index contributed by atoms with van der Waals surface area (Å²) in [4.78, 5) is 38.9. The quantitative estimate of drug-likeness (QED) is 0.734. The molecule has 1 aliphatic heterocycles. The summed E-state index contributed by atoms with van der Waals surface area (Å²) in [6.45, 7) is 1.59. The largest absolute Gasteiger partial charge is 0.493 e. The topological polar surface area (TPSA) is 102 Å². The first-order valence-corrected chi connectivity index (χ1v) is 10.1. The number of carbonyl (C=O) groups is 2. The van der Waals surface area contributed by atoms with Crippen LogP contribution < -0.4 is 25.7 Å². The second-order valence-electron chi connectivity index (χ2n) is 7.45. The van der Waals surface area contributed by atoms with Crippen molar-refractivity contribution < 1.29 is 19.1 Å². The molecule has 1 aromatic heterocycles. The Bertz CT molecular complexity index is 996. The molecule has 9 nitrogen and oxygen atoms in total. The van der Waals surface area contributed by atoms with Gasteiger partial charge in [-0.05, 0) is 43.0 Å². The molecule has 0 spiro atoms. The number of hydrogen-bond acceptors (Lipinski definition) is 5. The number of likely N-dealkylation sites (tertiary alicyclic amines) is 1. The van der Waals surface area contributed by atoms with Gasteiger partial charge in [0, 0.05) is 32.9 Å². The SMILES string of the molecule is COc1cccc(NC(=O)NCC2CCN(C(=O)c3cccn(C)c3=O)CC2)c1OC. The van der Waals surface area contributed by atoms with Crippen LogP contribution in [0, 0.1) is 5.92 Å². The molecule has 1 saturated heterocycles. The van der Waals surface area contributed by atoms with Crippen LogP contribution in [0.15, 0.2) is 41.3 Å². The van der Waals surface area contributed by atoms with Crippen LogP contribution in [-0.4, -0.2) is 55.3 Å². The van der Waals surface area contributed by atoms with E-state index in [2.05, 4.69) is 10.6 Å². The molecule has 0 radical (unpaired) electrons. The molecule has 166 valence electrons. The second kappa shape index (κ2) is 10.0. The molecule has 2 N–H and O–H groups in total. The summed E-state index contributed by atoms with van der Waals surface area (Å²) < 4.78 is 12.0. The highest BCUT2D eigenvalue weighted by Crippen LogP contribution is 2.34. The van der Waals surface area contributed by atoms with E-state index in [1.807, 2.05) is 0 Å². The van der Waals surface area contributed by atoms with Crippen molar-refractivity contribution in [2.75, 3.05) is 39.2 Å². The summed E-state index contributed by atoms with van der Waals surface area (Å²) in [7, 11) is 4.68. The van der Waals surface area contributed by atoms with Gasteiger partial charge in [0.15, 0.2) is 11.5 Å². The zero-order valence-corrected chi connectivity index (χ0v) is 18.0. The molecule has 1 fully saturated rings. The number of hydrogen-bond donors (Lipinski definition) is 2. The van der Waals surface area contributed by atoms with E-state index in [1.165, 1.54) is 18.8 Å². The Morgan fingerprint density at radius 1 is 1.10 bits per heavy atom. The number of urea groups is 1. The van der Waals surface area contributed by atoms with Gasteiger partial charge in [-0.25, -0.2) is 4.79 Å². The fraction of sp³-hybridized carbons (Fsp3) is 0.409. The van der Waals surface area contributed by atoms with Gasteiger partial charge in [0.25, 0.3) is 11.5 Å². The Morgan fingerprint density at radius 2 is 1.84 bits per heavy atom. The number of methoxy groups -OCH3 is 2. The monoisotopic (exact) mass is 428 g/mol. The number of anilines is 1. The van der Waals surface area contributed by atoms with Crippen LogP contribution in [0.3, 0.4) is 0 Å². The van der Waals surface area contributed by atoms with Gasteiger partial charge >= 0.3 is 6.03 Å². The molecule has 0 bridgehead atoms. The molecule has 0 aliphatic carbocycles. The maximum atomic E-state index is 12.7. The Balaban J connectivity index is 1.49. The van der Waals surface area contributed by atoms with Crippen molar-refractivity contribution in [3.8, 4) is 11.5 Å². The summed E-state index contributed by atoms with van der Waals surface area (Å²) in [5, 5.41) is 5.66. The lowest BCUT2D eigenvalue weighted by molar-refractivity contribution is 0.0688. The Hall–Kier alpha value is -3.49. The first-order valence-electron chi connectivity index (χ1n) is 10.1. The zero-order valence-electron chi connectivity index (χ0n) is 18.0.